The molecule has 0 fully saturated rings. The topological polar surface area (TPSA) is 127 Å². The van der Waals surface area contributed by atoms with Gasteiger partial charge in [0.2, 0.25) is 0 Å². The van der Waals surface area contributed by atoms with Gasteiger partial charge in [-0.3, -0.25) is 10.1 Å². The molecule has 98 valence electrons. The molecule has 0 N–H and O–H groups in total. The van der Waals surface area contributed by atoms with Gasteiger partial charge in [0.05, 0.1) is 17.4 Å². The molecule has 0 spiro atoms. The minimum atomic E-state index is -1.35. The van der Waals surface area contributed by atoms with E-state index in [2.05, 4.69) is 15.5 Å². The Morgan fingerprint density at radius 1 is 1.47 bits per heavy atom. The highest BCUT2D eigenvalue weighted by Crippen LogP contribution is 2.24. The van der Waals surface area contributed by atoms with E-state index in [1.165, 1.54) is 6.07 Å². The van der Waals surface area contributed by atoms with E-state index >= 15 is 0 Å². The number of nitro benzene ring substituents is 1. The third kappa shape index (κ3) is 2.54. The van der Waals surface area contributed by atoms with Crippen LogP contribution in [0.4, 0.5) is 5.69 Å². The van der Waals surface area contributed by atoms with Gasteiger partial charge in [0, 0.05) is 17.2 Å². The smallest absolute Gasteiger partial charge is 0.273 e. The molecule has 0 amide bonds. The molecule has 19 heavy (non-hydrogen) atoms. The molecule has 0 bridgehead atoms. The fourth-order valence-electron chi connectivity index (χ4n) is 1.59. The number of hydrogen-bond acceptors (Lipinski definition) is 7. The van der Waals surface area contributed by atoms with E-state index in [9.17, 15) is 20.0 Å². The number of hydrogen-bond donors (Lipinski definition) is 0. The lowest BCUT2D eigenvalue weighted by molar-refractivity contribution is -0.385. The number of nitrogens with zero attached hydrogens (tertiary/aromatic N) is 5. The highest BCUT2D eigenvalue weighted by molar-refractivity contribution is 5.66. The lowest BCUT2D eigenvalue weighted by Gasteiger charge is -2.05. The van der Waals surface area contributed by atoms with E-state index in [-0.39, 0.29) is 11.5 Å². The average Bonchev–Trinajstić information content (AvgIpc) is 2.76. The van der Waals surface area contributed by atoms with Gasteiger partial charge in [-0.1, -0.05) is 12.1 Å². The summed E-state index contributed by atoms with van der Waals surface area (Å²) in [4.78, 5) is 20.9. The quantitative estimate of drug-likeness (QED) is 0.526. The molecule has 1 aromatic carbocycles. The zero-order valence-corrected chi connectivity index (χ0v) is 9.81. The molecule has 1 aromatic heterocycles. The second-order valence-electron chi connectivity index (χ2n) is 3.79. The maximum absolute atomic E-state index is 10.8. The first kappa shape index (κ1) is 12.6. The van der Waals surface area contributed by atoms with Crippen molar-refractivity contribution < 1.29 is 14.8 Å². The van der Waals surface area contributed by atoms with Crippen LogP contribution in [0.15, 0.2) is 18.2 Å². The number of benzene rings is 1. The molecule has 9 nitrogen and oxygen atoms in total. The Balaban J connectivity index is 2.48. The van der Waals surface area contributed by atoms with Crippen molar-refractivity contribution in [3.63, 3.8) is 0 Å². The van der Waals surface area contributed by atoms with Crippen molar-refractivity contribution in [2.45, 2.75) is 13.5 Å². The summed E-state index contributed by atoms with van der Waals surface area (Å²) >= 11 is 0. The summed E-state index contributed by atoms with van der Waals surface area (Å²) in [5.41, 5.74) is 0.775. The maximum atomic E-state index is 10.8. The normalized spacial score (nSPS) is 10.4. The van der Waals surface area contributed by atoms with E-state index in [0.29, 0.717) is 11.1 Å². The number of nitro groups is 1. The van der Waals surface area contributed by atoms with Crippen LogP contribution in [0.1, 0.15) is 5.56 Å². The van der Waals surface area contributed by atoms with Crippen molar-refractivity contribution in [1.29, 1.82) is 0 Å². The Kier molecular flexibility index (Phi) is 3.19. The molecule has 2 rings (SSSR count). The van der Waals surface area contributed by atoms with E-state index in [4.69, 9.17) is 0 Å². The van der Waals surface area contributed by atoms with Crippen LogP contribution >= 0.6 is 0 Å². The molecule has 0 aliphatic carbocycles. The van der Waals surface area contributed by atoms with E-state index in [1.807, 2.05) is 0 Å². The fraction of sp³-hybridized carbons (Fsp3) is 0.200. The number of rotatable bonds is 4. The molecule has 9 heteroatoms. The van der Waals surface area contributed by atoms with E-state index in [0.717, 1.165) is 4.68 Å². The minimum Gasteiger partial charge on any atom is -0.548 e. The molecule has 0 radical (unpaired) electrons. The van der Waals surface area contributed by atoms with Crippen molar-refractivity contribution in [3.05, 3.63) is 33.9 Å². The number of aryl methyl sites for hydroxylation is 1. The molecule has 0 unspecified atom stereocenters. The van der Waals surface area contributed by atoms with Crippen LogP contribution in [-0.4, -0.2) is 31.1 Å². The lowest BCUT2D eigenvalue weighted by atomic mass is 10.1. The predicted octanol–water partition coefficient (Wildman–Crippen LogP) is -0.693. The number of aliphatic carboxylic acids is 1. The first-order chi connectivity index (χ1) is 8.99. The van der Waals surface area contributed by atoms with Crippen LogP contribution in [0, 0.1) is 17.0 Å². The van der Waals surface area contributed by atoms with Crippen LogP contribution in [0.3, 0.4) is 0 Å². The van der Waals surface area contributed by atoms with Gasteiger partial charge < -0.3 is 9.90 Å². The molecular formula is C10H8N5O4-. The highest BCUT2D eigenvalue weighted by atomic mass is 16.6. The Morgan fingerprint density at radius 3 is 2.84 bits per heavy atom. The Labute approximate surface area is 106 Å². The van der Waals surface area contributed by atoms with Gasteiger partial charge in [-0.2, -0.15) is 0 Å². The number of carbonyl (C=O) groups excluding carboxylic acids is 1. The third-order valence-corrected chi connectivity index (χ3v) is 2.47. The second kappa shape index (κ2) is 4.80. The summed E-state index contributed by atoms with van der Waals surface area (Å²) in [6.07, 6.45) is 0. The van der Waals surface area contributed by atoms with Crippen molar-refractivity contribution in [1.82, 2.24) is 20.2 Å². The van der Waals surface area contributed by atoms with E-state index < -0.39 is 17.4 Å². The minimum absolute atomic E-state index is 0.0829. The zero-order chi connectivity index (χ0) is 14.0. The standard InChI is InChI=1S/C10H9N5O4/c1-6-2-3-7(4-8(6)15(18)19)10-11-12-13-14(10)5-9(16)17/h2-4H,5H2,1H3,(H,16,17)/p-1. The summed E-state index contributed by atoms with van der Waals surface area (Å²) in [7, 11) is 0. The predicted molar refractivity (Wildman–Crippen MR) is 59.7 cm³/mol. The number of tetrazole rings is 1. The SMILES string of the molecule is Cc1ccc(-c2nnnn2CC(=O)[O-])cc1[N+](=O)[O-]. The first-order valence-corrected chi connectivity index (χ1v) is 5.20. The Bertz CT molecular complexity index is 651. The van der Waals surface area contributed by atoms with Crippen LogP contribution in [0.2, 0.25) is 0 Å². The van der Waals surface area contributed by atoms with Crippen molar-refractivity contribution in [3.8, 4) is 11.4 Å². The summed E-state index contributed by atoms with van der Waals surface area (Å²) in [5, 5.41) is 31.9. The van der Waals surface area contributed by atoms with Crippen molar-refractivity contribution in [2.75, 3.05) is 0 Å². The Morgan fingerprint density at radius 2 is 2.21 bits per heavy atom. The van der Waals surface area contributed by atoms with Gasteiger partial charge in [0.1, 0.15) is 0 Å². The summed E-state index contributed by atoms with van der Waals surface area (Å²) in [6.45, 7) is 1.08. The highest BCUT2D eigenvalue weighted by Gasteiger charge is 2.15. The number of aromatic nitrogens is 4. The lowest BCUT2D eigenvalue weighted by Crippen LogP contribution is -2.28. The number of carboxylic acid groups (broad SMARTS) is 1. The number of carbonyl (C=O) groups is 1. The molecular weight excluding hydrogens is 254 g/mol. The summed E-state index contributed by atoms with van der Waals surface area (Å²) < 4.78 is 1.00. The Hall–Kier alpha value is -2.84. The number of carboxylic acids is 1. The van der Waals surface area contributed by atoms with E-state index in [1.54, 1.807) is 19.1 Å². The van der Waals surface area contributed by atoms with Gasteiger partial charge in [0.15, 0.2) is 5.82 Å². The average molecular weight is 262 g/mol. The first-order valence-electron chi connectivity index (χ1n) is 5.20. The molecule has 0 saturated carbocycles. The van der Waals surface area contributed by atoms with Crippen LogP contribution < -0.4 is 5.11 Å². The maximum Gasteiger partial charge on any atom is 0.273 e. The zero-order valence-electron chi connectivity index (χ0n) is 9.81. The molecule has 0 aliphatic heterocycles. The van der Waals surface area contributed by atoms with Crippen molar-refractivity contribution in [2.24, 2.45) is 0 Å². The summed E-state index contributed by atoms with van der Waals surface area (Å²) in [6, 6.07) is 4.43. The molecule has 0 aliphatic rings. The van der Waals surface area contributed by atoms with Crippen LogP contribution in [0.5, 0.6) is 0 Å². The van der Waals surface area contributed by atoms with Gasteiger partial charge in [-0.25, -0.2) is 4.68 Å². The van der Waals surface area contributed by atoms with Gasteiger partial charge >= 0.3 is 0 Å². The monoisotopic (exact) mass is 262 g/mol. The van der Waals surface area contributed by atoms with Crippen molar-refractivity contribution >= 4 is 11.7 Å². The summed E-state index contributed by atoms with van der Waals surface area (Å²) in [5.74, 6) is -1.22. The molecule has 1 heterocycles. The molecule has 0 atom stereocenters. The van der Waals surface area contributed by atoms with Gasteiger partial charge in [-0.15, -0.1) is 5.10 Å². The fourth-order valence-corrected chi connectivity index (χ4v) is 1.59. The second-order valence-corrected chi connectivity index (χ2v) is 3.79. The van der Waals surface area contributed by atoms with Gasteiger partial charge in [-0.05, 0) is 17.4 Å². The van der Waals surface area contributed by atoms with Crippen LogP contribution in [0.25, 0.3) is 11.4 Å². The third-order valence-electron chi connectivity index (χ3n) is 2.47. The molecule has 2 aromatic rings. The largest absolute Gasteiger partial charge is 0.548 e. The van der Waals surface area contributed by atoms with Gasteiger partial charge in [0.25, 0.3) is 5.69 Å². The van der Waals surface area contributed by atoms with Crippen LogP contribution in [-0.2, 0) is 11.3 Å². The molecule has 0 saturated heterocycles.